The van der Waals surface area contributed by atoms with E-state index in [0.29, 0.717) is 5.25 Å². The summed E-state index contributed by atoms with van der Waals surface area (Å²) in [5, 5.41) is 10.1. The van der Waals surface area contributed by atoms with Gasteiger partial charge in [-0.3, -0.25) is 4.98 Å². The van der Waals surface area contributed by atoms with Crippen LogP contribution in [-0.2, 0) is 6.61 Å². The predicted octanol–water partition coefficient (Wildman–Crippen LogP) is 2.21. The molecule has 1 atom stereocenters. The summed E-state index contributed by atoms with van der Waals surface area (Å²) < 4.78 is 0. The molecule has 1 fully saturated rings. The van der Waals surface area contributed by atoms with Gasteiger partial charge >= 0.3 is 0 Å². The number of anilines is 1. The van der Waals surface area contributed by atoms with Gasteiger partial charge < -0.3 is 10.0 Å². The zero-order chi connectivity index (χ0) is 12.3. The highest BCUT2D eigenvalue weighted by Gasteiger charge is 2.21. The second kappa shape index (κ2) is 5.74. The third kappa shape index (κ3) is 2.93. The van der Waals surface area contributed by atoms with Crippen LogP contribution in [0.25, 0.3) is 0 Å². The molecule has 0 saturated carbocycles. The van der Waals surface area contributed by atoms with Crippen LogP contribution in [0.5, 0.6) is 0 Å². The summed E-state index contributed by atoms with van der Waals surface area (Å²) in [5.41, 5.74) is 3.12. The lowest BCUT2D eigenvalue weighted by Gasteiger charge is -2.34. The Bertz CT molecular complexity index is 384. The zero-order valence-corrected chi connectivity index (χ0v) is 11.3. The zero-order valence-electron chi connectivity index (χ0n) is 10.5. The SMILES string of the molecule is CCC1CN(c2cc(C)ncc2CO)CCS1. The molecule has 0 radical (unpaired) electrons. The third-order valence-electron chi connectivity index (χ3n) is 3.20. The Kier molecular flexibility index (Phi) is 4.29. The van der Waals surface area contributed by atoms with Gasteiger partial charge in [0.2, 0.25) is 0 Å². The average Bonchev–Trinajstić information content (AvgIpc) is 2.39. The maximum absolute atomic E-state index is 9.39. The summed E-state index contributed by atoms with van der Waals surface area (Å²) in [6.07, 6.45) is 3.01. The van der Waals surface area contributed by atoms with E-state index in [2.05, 4.69) is 34.6 Å². The highest BCUT2D eigenvalue weighted by molar-refractivity contribution is 8.00. The second-order valence-corrected chi connectivity index (χ2v) is 5.87. The van der Waals surface area contributed by atoms with E-state index < -0.39 is 0 Å². The normalized spacial score (nSPS) is 20.6. The van der Waals surface area contributed by atoms with Crippen LogP contribution in [0.3, 0.4) is 0 Å². The van der Waals surface area contributed by atoms with Crippen LogP contribution in [0.1, 0.15) is 24.6 Å². The lowest BCUT2D eigenvalue weighted by atomic mass is 10.1. The average molecular weight is 252 g/mol. The summed E-state index contributed by atoms with van der Waals surface area (Å²) in [6.45, 7) is 6.46. The molecule has 17 heavy (non-hydrogen) atoms. The van der Waals surface area contributed by atoms with Crippen molar-refractivity contribution in [1.82, 2.24) is 4.98 Å². The number of nitrogens with zero attached hydrogens (tertiary/aromatic N) is 2. The van der Waals surface area contributed by atoms with E-state index in [1.807, 2.05) is 6.92 Å². The molecule has 1 aromatic rings. The van der Waals surface area contributed by atoms with Gasteiger partial charge in [0.1, 0.15) is 0 Å². The minimum Gasteiger partial charge on any atom is -0.392 e. The molecule has 94 valence electrons. The van der Waals surface area contributed by atoms with Gasteiger partial charge in [0.25, 0.3) is 0 Å². The molecule has 1 aliphatic rings. The fourth-order valence-electron chi connectivity index (χ4n) is 2.18. The molecule has 1 unspecified atom stereocenters. The van der Waals surface area contributed by atoms with E-state index in [9.17, 15) is 5.11 Å². The summed E-state index contributed by atoms with van der Waals surface area (Å²) >= 11 is 2.06. The first-order valence-electron chi connectivity index (χ1n) is 6.17. The molecule has 0 aromatic carbocycles. The Morgan fingerprint density at radius 1 is 1.59 bits per heavy atom. The van der Waals surface area contributed by atoms with Crippen LogP contribution in [0.4, 0.5) is 5.69 Å². The minimum atomic E-state index is 0.0725. The van der Waals surface area contributed by atoms with Gasteiger partial charge in [-0.05, 0) is 19.4 Å². The molecule has 2 rings (SSSR count). The van der Waals surface area contributed by atoms with Crippen molar-refractivity contribution < 1.29 is 5.11 Å². The van der Waals surface area contributed by atoms with E-state index in [4.69, 9.17) is 0 Å². The molecule has 0 amide bonds. The molecule has 1 N–H and O–H groups in total. The van der Waals surface area contributed by atoms with Gasteiger partial charge in [-0.25, -0.2) is 0 Å². The smallest absolute Gasteiger partial charge is 0.0717 e. The van der Waals surface area contributed by atoms with Crippen molar-refractivity contribution in [3.8, 4) is 0 Å². The number of aromatic nitrogens is 1. The van der Waals surface area contributed by atoms with Crippen LogP contribution in [0.2, 0.25) is 0 Å². The number of hydrogen-bond acceptors (Lipinski definition) is 4. The van der Waals surface area contributed by atoms with E-state index in [-0.39, 0.29) is 6.61 Å². The van der Waals surface area contributed by atoms with E-state index in [1.165, 1.54) is 17.9 Å². The monoisotopic (exact) mass is 252 g/mol. The van der Waals surface area contributed by atoms with Gasteiger partial charge in [-0.2, -0.15) is 11.8 Å². The van der Waals surface area contributed by atoms with Crippen molar-refractivity contribution in [2.75, 3.05) is 23.7 Å². The van der Waals surface area contributed by atoms with Gasteiger partial charge in [-0.15, -0.1) is 0 Å². The lowest BCUT2D eigenvalue weighted by molar-refractivity contribution is 0.281. The number of hydrogen-bond donors (Lipinski definition) is 1. The molecule has 1 aromatic heterocycles. The minimum absolute atomic E-state index is 0.0725. The van der Waals surface area contributed by atoms with Gasteiger partial charge in [-0.1, -0.05) is 6.92 Å². The van der Waals surface area contributed by atoms with Crippen LogP contribution in [0, 0.1) is 6.92 Å². The topological polar surface area (TPSA) is 36.4 Å². The first kappa shape index (κ1) is 12.7. The van der Waals surface area contributed by atoms with Crippen molar-refractivity contribution in [3.05, 3.63) is 23.5 Å². The van der Waals surface area contributed by atoms with Crippen LogP contribution in [-0.4, -0.2) is 34.2 Å². The maximum atomic E-state index is 9.39. The summed E-state index contributed by atoms with van der Waals surface area (Å²) in [7, 11) is 0. The van der Waals surface area contributed by atoms with E-state index in [0.717, 1.165) is 24.3 Å². The number of rotatable bonds is 3. The molecule has 1 saturated heterocycles. The fourth-order valence-corrected chi connectivity index (χ4v) is 3.36. The number of aryl methyl sites for hydroxylation is 1. The molecule has 2 heterocycles. The number of aliphatic hydroxyl groups excluding tert-OH is 1. The first-order chi connectivity index (χ1) is 8.24. The first-order valence-corrected chi connectivity index (χ1v) is 7.22. The van der Waals surface area contributed by atoms with E-state index in [1.54, 1.807) is 6.20 Å². The van der Waals surface area contributed by atoms with Crippen molar-refractivity contribution in [3.63, 3.8) is 0 Å². The maximum Gasteiger partial charge on any atom is 0.0717 e. The lowest BCUT2D eigenvalue weighted by Crippen LogP contribution is -2.38. The van der Waals surface area contributed by atoms with Gasteiger partial charge in [0.15, 0.2) is 0 Å². The molecular formula is C13H20N2OS. The Hall–Kier alpha value is -0.740. The highest BCUT2D eigenvalue weighted by atomic mass is 32.2. The van der Waals surface area contributed by atoms with Crippen molar-refractivity contribution in [1.29, 1.82) is 0 Å². The number of aliphatic hydroxyl groups is 1. The van der Waals surface area contributed by atoms with Crippen molar-refractivity contribution >= 4 is 17.4 Å². The number of thioether (sulfide) groups is 1. The molecule has 0 aliphatic carbocycles. The van der Waals surface area contributed by atoms with Crippen LogP contribution < -0.4 is 4.90 Å². The molecule has 3 nitrogen and oxygen atoms in total. The molecule has 0 bridgehead atoms. The Morgan fingerprint density at radius 2 is 2.41 bits per heavy atom. The highest BCUT2D eigenvalue weighted by Crippen LogP contribution is 2.28. The van der Waals surface area contributed by atoms with Gasteiger partial charge in [0, 0.05) is 47.2 Å². The Balaban J connectivity index is 2.22. The van der Waals surface area contributed by atoms with Crippen LogP contribution >= 0.6 is 11.8 Å². The molecule has 0 spiro atoms. The van der Waals surface area contributed by atoms with Crippen molar-refractivity contribution in [2.45, 2.75) is 32.1 Å². The quantitative estimate of drug-likeness (QED) is 0.895. The summed E-state index contributed by atoms with van der Waals surface area (Å²) in [5.74, 6) is 1.17. The van der Waals surface area contributed by atoms with E-state index >= 15 is 0 Å². The fraction of sp³-hybridized carbons (Fsp3) is 0.615. The number of pyridine rings is 1. The Morgan fingerprint density at radius 3 is 3.12 bits per heavy atom. The second-order valence-electron chi connectivity index (χ2n) is 4.46. The Labute approximate surface area is 107 Å². The van der Waals surface area contributed by atoms with Crippen LogP contribution in [0.15, 0.2) is 12.3 Å². The summed E-state index contributed by atoms with van der Waals surface area (Å²) in [4.78, 5) is 6.65. The standard InChI is InChI=1S/C13H20N2OS/c1-3-12-8-15(4-5-17-12)13-6-10(2)14-7-11(13)9-16/h6-7,12,16H,3-5,8-9H2,1-2H3. The third-order valence-corrected chi connectivity index (χ3v) is 4.58. The van der Waals surface area contributed by atoms with Crippen molar-refractivity contribution in [2.24, 2.45) is 0 Å². The largest absolute Gasteiger partial charge is 0.392 e. The molecule has 1 aliphatic heterocycles. The predicted molar refractivity (Wildman–Crippen MR) is 73.6 cm³/mol. The summed E-state index contributed by atoms with van der Waals surface area (Å²) in [6, 6.07) is 2.09. The van der Waals surface area contributed by atoms with Gasteiger partial charge in [0.05, 0.1) is 6.61 Å². The molecule has 4 heteroatoms. The molecular weight excluding hydrogens is 232 g/mol.